The number of nitrogens with two attached hydrogens (primary N) is 1. The average molecular weight is 294 g/mol. The number of nitrogens with one attached hydrogen (secondary N) is 1. The van der Waals surface area contributed by atoms with E-state index in [-0.39, 0.29) is 10.6 Å². The van der Waals surface area contributed by atoms with Crippen LogP contribution in [0.5, 0.6) is 0 Å². The maximum atomic E-state index is 13.2. The Hall–Kier alpha value is -2.08. The van der Waals surface area contributed by atoms with E-state index in [0.29, 0.717) is 11.3 Å². The molecular weight excluding hydrogens is 279 g/mol. The van der Waals surface area contributed by atoms with E-state index in [1.165, 1.54) is 12.1 Å². The molecule has 0 aromatic heterocycles. The molecule has 3 N–H and O–H groups in total. The molecule has 20 heavy (non-hydrogen) atoms. The molecule has 0 atom stereocenters. The van der Waals surface area contributed by atoms with Gasteiger partial charge in [0.2, 0.25) is 0 Å². The molecule has 2 aromatic carbocycles. The molecular formula is C14H15FN2O2S. The second kappa shape index (κ2) is 5.13. The molecule has 0 saturated heterocycles. The third kappa shape index (κ3) is 2.91. The van der Waals surface area contributed by atoms with Crippen molar-refractivity contribution in [1.29, 1.82) is 0 Å². The lowest BCUT2D eigenvalue weighted by molar-refractivity contribution is 0.594. The molecule has 4 nitrogen and oxygen atoms in total. The van der Waals surface area contributed by atoms with E-state index >= 15 is 0 Å². The molecule has 0 heterocycles. The van der Waals surface area contributed by atoms with E-state index in [1.54, 1.807) is 25.1 Å². The van der Waals surface area contributed by atoms with Crippen LogP contribution in [-0.2, 0) is 10.0 Å². The zero-order chi connectivity index (χ0) is 14.9. The third-order valence-electron chi connectivity index (χ3n) is 2.89. The van der Waals surface area contributed by atoms with E-state index in [4.69, 9.17) is 5.73 Å². The summed E-state index contributed by atoms with van der Waals surface area (Å²) >= 11 is 0. The molecule has 0 aliphatic carbocycles. The fraction of sp³-hybridized carbons (Fsp3) is 0.143. The molecule has 2 rings (SSSR count). The van der Waals surface area contributed by atoms with Gasteiger partial charge in [-0.1, -0.05) is 12.1 Å². The van der Waals surface area contributed by atoms with Gasteiger partial charge >= 0.3 is 0 Å². The molecule has 6 heteroatoms. The zero-order valence-corrected chi connectivity index (χ0v) is 12.0. The van der Waals surface area contributed by atoms with Gasteiger partial charge in [0.05, 0.1) is 16.3 Å². The Morgan fingerprint density at radius 2 is 1.80 bits per heavy atom. The van der Waals surface area contributed by atoms with E-state index in [9.17, 15) is 12.8 Å². The molecule has 0 spiro atoms. The smallest absolute Gasteiger partial charge is 0.262 e. The zero-order valence-electron chi connectivity index (χ0n) is 11.1. The molecule has 0 fully saturated rings. The summed E-state index contributed by atoms with van der Waals surface area (Å²) in [6, 6.07) is 8.65. The average Bonchev–Trinajstić information content (AvgIpc) is 2.36. The van der Waals surface area contributed by atoms with Crippen LogP contribution < -0.4 is 10.5 Å². The first-order valence-electron chi connectivity index (χ1n) is 5.95. The quantitative estimate of drug-likeness (QED) is 0.855. The van der Waals surface area contributed by atoms with Crippen LogP contribution in [-0.4, -0.2) is 8.42 Å². The van der Waals surface area contributed by atoms with Crippen molar-refractivity contribution in [2.75, 3.05) is 10.5 Å². The van der Waals surface area contributed by atoms with Crippen molar-refractivity contribution in [2.24, 2.45) is 0 Å². The molecule has 106 valence electrons. The lowest BCUT2D eigenvalue weighted by Gasteiger charge is -2.12. The van der Waals surface area contributed by atoms with Gasteiger partial charge in [-0.3, -0.25) is 4.72 Å². The van der Waals surface area contributed by atoms with Crippen LogP contribution in [0.1, 0.15) is 11.1 Å². The molecule has 0 amide bonds. The summed E-state index contributed by atoms with van der Waals surface area (Å²) in [6.45, 7) is 3.43. The minimum absolute atomic E-state index is 0.0987. The summed E-state index contributed by atoms with van der Waals surface area (Å²) in [5.74, 6) is -0.604. The standard InChI is InChI=1S/C14H15FN2O2S/c1-9-3-6-12(16)13(7-9)17-20(18,19)14-8-11(15)5-4-10(14)2/h3-8,17H,16H2,1-2H3. The number of aryl methyl sites for hydroxylation is 2. The number of sulfonamides is 1. The number of nitrogen functional groups attached to an aromatic ring is 1. The van der Waals surface area contributed by atoms with Crippen LogP contribution in [0.3, 0.4) is 0 Å². The van der Waals surface area contributed by atoms with E-state index < -0.39 is 15.8 Å². The number of benzene rings is 2. The Balaban J connectivity index is 2.46. The second-order valence-corrected chi connectivity index (χ2v) is 6.26. The Morgan fingerprint density at radius 1 is 1.10 bits per heavy atom. The summed E-state index contributed by atoms with van der Waals surface area (Å²) in [7, 11) is -3.88. The van der Waals surface area contributed by atoms with Crippen LogP contribution in [0.2, 0.25) is 0 Å². The predicted octanol–water partition coefficient (Wildman–Crippen LogP) is 2.83. The van der Waals surface area contributed by atoms with Gasteiger partial charge < -0.3 is 5.73 Å². The molecule has 0 radical (unpaired) electrons. The fourth-order valence-corrected chi connectivity index (χ4v) is 3.16. The number of halogens is 1. The Morgan fingerprint density at radius 3 is 2.50 bits per heavy atom. The molecule has 0 bridgehead atoms. The largest absolute Gasteiger partial charge is 0.397 e. The van der Waals surface area contributed by atoms with E-state index in [2.05, 4.69) is 4.72 Å². The summed E-state index contributed by atoms with van der Waals surface area (Å²) in [6.07, 6.45) is 0. The van der Waals surface area contributed by atoms with Crippen LogP contribution in [0.15, 0.2) is 41.3 Å². The predicted molar refractivity (Wildman–Crippen MR) is 77.5 cm³/mol. The maximum Gasteiger partial charge on any atom is 0.262 e. The number of hydrogen-bond acceptors (Lipinski definition) is 3. The maximum absolute atomic E-state index is 13.2. The summed E-state index contributed by atoms with van der Waals surface area (Å²) in [5.41, 5.74) is 7.67. The Kier molecular flexibility index (Phi) is 3.67. The normalized spacial score (nSPS) is 11.3. The first-order chi connectivity index (χ1) is 9.29. The van der Waals surface area contributed by atoms with Gasteiger partial charge in [0.15, 0.2) is 0 Å². The van der Waals surface area contributed by atoms with Crippen LogP contribution in [0.4, 0.5) is 15.8 Å². The van der Waals surface area contributed by atoms with Crippen molar-refractivity contribution in [3.63, 3.8) is 0 Å². The molecule has 0 aliphatic rings. The minimum atomic E-state index is -3.88. The van der Waals surface area contributed by atoms with E-state index in [1.807, 2.05) is 6.92 Å². The van der Waals surface area contributed by atoms with Gasteiger partial charge in [0.1, 0.15) is 5.82 Å². The minimum Gasteiger partial charge on any atom is -0.397 e. The summed E-state index contributed by atoms with van der Waals surface area (Å²) in [5, 5.41) is 0. The molecule has 0 saturated carbocycles. The first kappa shape index (κ1) is 14.3. The summed E-state index contributed by atoms with van der Waals surface area (Å²) < 4.78 is 40.2. The van der Waals surface area contributed by atoms with Gasteiger partial charge in [0, 0.05) is 0 Å². The molecule has 0 aliphatic heterocycles. The summed E-state index contributed by atoms with van der Waals surface area (Å²) in [4.78, 5) is -0.0987. The van der Waals surface area contributed by atoms with E-state index in [0.717, 1.165) is 11.6 Å². The van der Waals surface area contributed by atoms with Crippen molar-refractivity contribution >= 4 is 21.4 Å². The third-order valence-corrected chi connectivity index (χ3v) is 4.40. The van der Waals surface area contributed by atoms with Crippen LogP contribution in [0.25, 0.3) is 0 Å². The van der Waals surface area contributed by atoms with Crippen molar-refractivity contribution in [3.05, 3.63) is 53.3 Å². The van der Waals surface area contributed by atoms with Crippen molar-refractivity contribution < 1.29 is 12.8 Å². The Bertz CT molecular complexity index is 758. The highest BCUT2D eigenvalue weighted by molar-refractivity contribution is 7.92. The first-order valence-corrected chi connectivity index (χ1v) is 7.43. The monoisotopic (exact) mass is 294 g/mol. The van der Waals surface area contributed by atoms with Gasteiger partial charge in [-0.25, -0.2) is 12.8 Å². The molecule has 2 aromatic rings. The number of hydrogen-bond donors (Lipinski definition) is 2. The van der Waals surface area contributed by atoms with Crippen molar-refractivity contribution in [1.82, 2.24) is 0 Å². The highest BCUT2D eigenvalue weighted by Crippen LogP contribution is 2.25. The number of anilines is 2. The Labute approximate surface area is 117 Å². The van der Waals surface area contributed by atoms with Crippen molar-refractivity contribution in [2.45, 2.75) is 18.7 Å². The topological polar surface area (TPSA) is 72.2 Å². The second-order valence-electron chi connectivity index (χ2n) is 4.61. The van der Waals surface area contributed by atoms with Gasteiger partial charge in [0.25, 0.3) is 10.0 Å². The highest BCUT2D eigenvalue weighted by atomic mass is 32.2. The number of rotatable bonds is 3. The van der Waals surface area contributed by atoms with Crippen LogP contribution >= 0.6 is 0 Å². The van der Waals surface area contributed by atoms with Crippen LogP contribution in [0, 0.1) is 19.7 Å². The van der Waals surface area contributed by atoms with Gasteiger partial charge in [-0.2, -0.15) is 0 Å². The van der Waals surface area contributed by atoms with Crippen molar-refractivity contribution in [3.8, 4) is 0 Å². The fourth-order valence-electron chi connectivity index (χ4n) is 1.82. The lowest BCUT2D eigenvalue weighted by Crippen LogP contribution is -2.15. The van der Waals surface area contributed by atoms with Gasteiger partial charge in [-0.05, 0) is 49.2 Å². The SMILES string of the molecule is Cc1ccc(N)c(NS(=O)(=O)c2cc(F)ccc2C)c1. The molecule has 0 unspecified atom stereocenters. The highest BCUT2D eigenvalue weighted by Gasteiger charge is 2.18. The lowest BCUT2D eigenvalue weighted by atomic mass is 10.2. The van der Waals surface area contributed by atoms with Gasteiger partial charge in [-0.15, -0.1) is 0 Å².